The lowest BCUT2D eigenvalue weighted by molar-refractivity contribution is -0.131. The molecule has 5 fully saturated rings. The minimum atomic E-state index is -4.19. The zero-order valence-corrected chi connectivity index (χ0v) is 21.2. The Labute approximate surface area is 216 Å². The van der Waals surface area contributed by atoms with Crippen molar-refractivity contribution in [2.45, 2.75) is 68.5 Å². The second kappa shape index (κ2) is 9.56. The first-order chi connectivity index (χ1) is 17.6. The van der Waals surface area contributed by atoms with Crippen molar-refractivity contribution in [1.82, 2.24) is 24.6 Å². The van der Waals surface area contributed by atoms with Crippen LogP contribution in [-0.4, -0.2) is 60.4 Å². The van der Waals surface area contributed by atoms with Gasteiger partial charge in [0.1, 0.15) is 17.9 Å². The smallest absolute Gasteiger partial charge is 0.326 e. The number of rotatable bonds is 7. The molecule has 37 heavy (non-hydrogen) atoms. The van der Waals surface area contributed by atoms with Crippen LogP contribution in [0, 0.1) is 34.5 Å². The van der Waals surface area contributed by atoms with Gasteiger partial charge in [-0.2, -0.15) is 23.7 Å². The van der Waals surface area contributed by atoms with Crippen molar-refractivity contribution in [2.24, 2.45) is 11.8 Å². The third-order valence-corrected chi connectivity index (χ3v) is 9.27. The van der Waals surface area contributed by atoms with Gasteiger partial charge in [0, 0.05) is 23.8 Å². The van der Waals surface area contributed by atoms with Crippen LogP contribution < -0.4 is 20.1 Å². The number of anilines is 1. The molecule has 4 N–H and O–H groups in total. The van der Waals surface area contributed by atoms with Crippen LogP contribution in [0.25, 0.3) is 0 Å². The Hall–Kier alpha value is -3.26. The Bertz CT molecular complexity index is 1250. The second-order valence-electron chi connectivity index (χ2n) is 11.0. The molecule has 1 aliphatic heterocycles. The van der Waals surface area contributed by atoms with Gasteiger partial charge in [-0.15, -0.1) is 0 Å². The van der Waals surface area contributed by atoms with Gasteiger partial charge in [0.15, 0.2) is 0 Å². The zero-order valence-electron chi connectivity index (χ0n) is 20.4. The molecule has 0 radical (unpaired) electrons. The molecule has 3 atom stereocenters. The van der Waals surface area contributed by atoms with E-state index in [-0.39, 0.29) is 29.9 Å². The first-order valence-electron chi connectivity index (χ1n) is 12.6. The van der Waals surface area contributed by atoms with Crippen LogP contribution in [0.4, 0.5) is 10.6 Å². The molecule has 6 rings (SSSR count). The summed E-state index contributed by atoms with van der Waals surface area (Å²) < 4.78 is 30.7. The molecule has 4 saturated carbocycles. The molecule has 3 amide bonds. The van der Waals surface area contributed by atoms with Gasteiger partial charge in [0.05, 0.1) is 18.2 Å². The molecule has 1 aromatic rings. The number of hydrogen-bond acceptors (Lipinski definition) is 8. The van der Waals surface area contributed by atoms with E-state index in [1.54, 1.807) is 4.90 Å². The van der Waals surface area contributed by atoms with Gasteiger partial charge < -0.3 is 10.2 Å². The normalized spacial score (nSPS) is 31.9. The number of nitrogens with zero attached hydrogens (tertiary/aromatic N) is 4. The van der Waals surface area contributed by atoms with Gasteiger partial charge in [-0.05, 0) is 75.3 Å². The number of likely N-dealkylation sites (tertiary alicyclic amines) is 1. The fourth-order valence-corrected chi connectivity index (χ4v) is 8.42. The van der Waals surface area contributed by atoms with Gasteiger partial charge in [-0.3, -0.25) is 10.1 Å². The Morgan fingerprint density at radius 2 is 1.86 bits per heavy atom. The minimum absolute atomic E-state index is 0.0934. The second-order valence-corrected chi connectivity index (χ2v) is 12.4. The standard InChI is InChI=1S/C24H30N8O4S/c25-11-16-3-4-20(27-13-16)29-22(34)30-37(35,36)31-24-9-17-6-18(10-24)8-23(7-17,15-24)28-14-21(33)32-5-1-2-19(32)12-26/h3-4,13,17-19,28,31H,1-2,5-10,14-15H2,(H2,27,29,30,34)/t17?,18?,19-,23?,24?/m0/s1. The van der Waals surface area contributed by atoms with Crippen LogP contribution in [0.1, 0.15) is 56.9 Å². The first-order valence-corrected chi connectivity index (χ1v) is 14.0. The number of amides is 3. The molecular weight excluding hydrogens is 496 g/mol. The Morgan fingerprint density at radius 3 is 2.51 bits per heavy atom. The maximum absolute atomic E-state index is 13.0. The Morgan fingerprint density at radius 1 is 1.14 bits per heavy atom. The average Bonchev–Trinajstić information content (AvgIpc) is 3.30. The summed E-state index contributed by atoms with van der Waals surface area (Å²) in [6.45, 7) is 0.713. The predicted octanol–water partition coefficient (Wildman–Crippen LogP) is 1.10. The van der Waals surface area contributed by atoms with Gasteiger partial charge in [-0.1, -0.05) is 0 Å². The highest BCUT2D eigenvalue weighted by molar-refractivity contribution is 7.88. The summed E-state index contributed by atoms with van der Waals surface area (Å²) in [7, 11) is -4.19. The monoisotopic (exact) mass is 526 g/mol. The molecule has 0 spiro atoms. The molecule has 12 nitrogen and oxygen atoms in total. The number of carbonyl (C=O) groups excluding carboxylic acids is 2. The summed E-state index contributed by atoms with van der Waals surface area (Å²) in [5, 5.41) is 24.0. The molecule has 5 aliphatic rings. The Balaban J connectivity index is 1.23. The molecule has 13 heteroatoms. The maximum Gasteiger partial charge on any atom is 0.335 e. The van der Waals surface area contributed by atoms with Crippen molar-refractivity contribution < 1.29 is 18.0 Å². The molecule has 1 saturated heterocycles. The molecule has 2 heterocycles. The number of nitriles is 2. The van der Waals surface area contributed by atoms with Crippen molar-refractivity contribution >= 4 is 28.0 Å². The topological polar surface area (TPSA) is 180 Å². The van der Waals surface area contributed by atoms with E-state index >= 15 is 0 Å². The van der Waals surface area contributed by atoms with Gasteiger partial charge in [0.2, 0.25) is 5.91 Å². The molecule has 196 valence electrons. The summed E-state index contributed by atoms with van der Waals surface area (Å²) in [5.41, 5.74) is -0.753. The highest BCUT2D eigenvalue weighted by atomic mass is 32.2. The predicted molar refractivity (Wildman–Crippen MR) is 132 cm³/mol. The largest absolute Gasteiger partial charge is 0.335 e. The van der Waals surface area contributed by atoms with Crippen LogP contribution in [0.15, 0.2) is 18.3 Å². The van der Waals surface area contributed by atoms with Gasteiger partial charge in [0.25, 0.3) is 0 Å². The number of carbonyl (C=O) groups is 2. The molecule has 4 aliphatic carbocycles. The fourth-order valence-electron chi connectivity index (χ4n) is 7.26. The number of pyridine rings is 1. The van der Waals surface area contributed by atoms with Crippen molar-refractivity contribution in [1.29, 1.82) is 10.5 Å². The lowest BCUT2D eigenvalue weighted by atomic mass is 9.50. The summed E-state index contributed by atoms with van der Waals surface area (Å²) in [4.78, 5) is 30.8. The first kappa shape index (κ1) is 25.4. The highest BCUT2D eigenvalue weighted by Gasteiger charge is 2.59. The summed E-state index contributed by atoms with van der Waals surface area (Å²) in [6.07, 6.45) is 7.48. The van der Waals surface area contributed by atoms with Crippen molar-refractivity contribution in [3.8, 4) is 12.1 Å². The third kappa shape index (κ3) is 5.39. The lowest BCUT2D eigenvalue weighted by Crippen LogP contribution is -2.70. The quantitative estimate of drug-likeness (QED) is 0.408. The molecular formula is C24H30N8O4S. The van der Waals surface area contributed by atoms with Gasteiger partial charge >= 0.3 is 16.2 Å². The van der Waals surface area contributed by atoms with Crippen LogP contribution in [0.3, 0.4) is 0 Å². The van der Waals surface area contributed by atoms with Crippen molar-refractivity contribution in [3.63, 3.8) is 0 Å². The number of urea groups is 1. The van der Waals surface area contributed by atoms with E-state index < -0.39 is 21.8 Å². The fraction of sp³-hybridized carbons (Fsp3) is 0.625. The van der Waals surface area contributed by atoms with Crippen LogP contribution in [0.5, 0.6) is 0 Å². The minimum Gasteiger partial charge on any atom is -0.326 e. The average molecular weight is 527 g/mol. The zero-order chi connectivity index (χ0) is 26.3. The van der Waals surface area contributed by atoms with Gasteiger partial charge in [-0.25, -0.2) is 14.5 Å². The lowest BCUT2D eigenvalue weighted by Gasteiger charge is -2.62. The van der Waals surface area contributed by atoms with Crippen LogP contribution >= 0.6 is 0 Å². The van der Waals surface area contributed by atoms with E-state index in [1.807, 2.05) is 10.8 Å². The number of nitrogens with one attached hydrogen (secondary N) is 4. The van der Waals surface area contributed by atoms with E-state index in [2.05, 4.69) is 26.4 Å². The summed E-state index contributed by atoms with van der Waals surface area (Å²) >= 11 is 0. The van der Waals surface area contributed by atoms with Crippen LogP contribution in [-0.2, 0) is 15.0 Å². The maximum atomic E-state index is 13.0. The number of hydrogen-bond donors (Lipinski definition) is 4. The third-order valence-electron chi connectivity index (χ3n) is 8.11. The van der Waals surface area contributed by atoms with E-state index in [9.17, 15) is 23.3 Å². The van der Waals surface area contributed by atoms with E-state index in [4.69, 9.17) is 5.26 Å². The molecule has 4 bridgehead atoms. The van der Waals surface area contributed by atoms with E-state index in [0.29, 0.717) is 49.6 Å². The number of aromatic nitrogens is 1. The van der Waals surface area contributed by atoms with E-state index in [1.165, 1.54) is 18.3 Å². The molecule has 0 aromatic carbocycles. The molecule has 1 aromatic heterocycles. The summed E-state index contributed by atoms with van der Waals surface area (Å²) in [6, 6.07) is 5.67. The SMILES string of the molecule is N#Cc1ccc(NC(=O)NS(=O)(=O)NC23CC4CC(CC(NCC(=O)N5CCC[C@H]5C#N)(C4)C2)C3)nc1. The molecule has 2 unspecified atom stereocenters. The van der Waals surface area contributed by atoms with Crippen LogP contribution in [0.2, 0.25) is 0 Å². The Kier molecular flexibility index (Phi) is 6.56. The van der Waals surface area contributed by atoms with Crippen molar-refractivity contribution in [2.75, 3.05) is 18.4 Å². The van der Waals surface area contributed by atoms with Crippen molar-refractivity contribution in [3.05, 3.63) is 23.9 Å². The highest BCUT2D eigenvalue weighted by Crippen LogP contribution is 2.57. The van der Waals surface area contributed by atoms with E-state index in [0.717, 1.165) is 25.7 Å². The summed E-state index contributed by atoms with van der Waals surface area (Å²) in [5.74, 6) is 0.666.